The van der Waals surface area contributed by atoms with Crippen molar-refractivity contribution in [3.8, 4) is 0 Å². The van der Waals surface area contributed by atoms with Gasteiger partial charge in [0.2, 0.25) is 0 Å². The second-order valence-corrected chi connectivity index (χ2v) is 15.3. The molecular formula is C38H47Br2F2N13O10S. The molecule has 23 nitrogen and oxygen atoms in total. The third-order valence-electron chi connectivity index (χ3n) is 8.15. The Bertz CT molecular complexity index is 2320. The van der Waals surface area contributed by atoms with Gasteiger partial charge in [0, 0.05) is 6.42 Å². The van der Waals surface area contributed by atoms with E-state index >= 15 is 0 Å². The smallest absolute Gasteiger partial charge is 0.417 e. The number of nitrogens with zero attached hydrogens (tertiary/aromatic N) is 6. The molecule has 28 heteroatoms. The molecule has 2 aromatic carbocycles. The second-order valence-electron chi connectivity index (χ2n) is 12.8. The Morgan fingerprint density at radius 2 is 1.17 bits per heavy atom. The third kappa shape index (κ3) is 18.2. The highest BCUT2D eigenvalue weighted by Crippen LogP contribution is 2.27. The van der Waals surface area contributed by atoms with E-state index in [0.717, 1.165) is 30.3 Å². The number of unbranched alkanes of at least 4 members (excludes halogenated alkanes) is 3. The third-order valence-corrected chi connectivity index (χ3v) is 9.87. The number of amidine groups is 4. The molecule has 358 valence electrons. The number of hydrogen-bond donors (Lipinski definition) is 9. The first-order chi connectivity index (χ1) is 31.4. The van der Waals surface area contributed by atoms with Gasteiger partial charge in [0.1, 0.15) is 28.9 Å². The molecule has 0 saturated heterocycles. The maximum absolute atomic E-state index is 13.5. The van der Waals surface area contributed by atoms with E-state index in [-0.39, 0.29) is 49.3 Å². The van der Waals surface area contributed by atoms with Crippen LogP contribution in [-0.2, 0) is 22.3 Å². The van der Waals surface area contributed by atoms with Gasteiger partial charge in [-0.1, -0.05) is 28.5 Å². The lowest BCUT2D eigenvalue weighted by atomic mass is 10.1. The van der Waals surface area contributed by atoms with Crippen LogP contribution >= 0.6 is 43.6 Å². The van der Waals surface area contributed by atoms with E-state index < -0.39 is 47.7 Å². The molecule has 0 unspecified atom stereocenters. The lowest BCUT2D eigenvalue weighted by Crippen LogP contribution is -2.36. The van der Waals surface area contributed by atoms with E-state index in [9.17, 15) is 38.2 Å². The van der Waals surface area contributed by atoms with Gasteiger partial charge in [-0.3, -0.25) is 32.3 Å². The number of thioether (sulfide) groups is 1. The van der Waals surface area contributed by atoms with Gasteiger partial charge < -0.3 is 25.4 Å². The maximum atomic E-state index is 13.5. The molecule has 0 atom stereocenters. The Labute approximate surface area is 396 Å². The summed E-state index contributed by atoms with van der Waals surface area (Å²) in [6, 6.07) is 7.18. The zero-order valence-electron chi connectivity index (χ0n) is 35.6. The SMILES string of the molecule is CCOC(=O)NC(=N)CCCCCc1nonc1C(=N)N(C(=O)O)c1ccc(F)c(Br)c1.CCOC(=O)NC(=N)SC.N=C(c1nonc1CCCCN)N(C(=O)O)c1ccc(F)c(Br)c1. The summed E-state index contributed by atoms with van der Waals surface area (Å²) in [5, 5.41) is 69.6. The van der Waals surface area contributed by atoms with Crippen molar-refractivity contribution in [2.75, 3.05) is 35.8 Å². The molecule has 0 aliphatic heterocycles. The minimum absolute atomic E-state index is 0.0230. The van der Waals surface area contributed by atoms with Gasteiger partial charge in [-0.05, 0) is 144 Å². The van der Waals surface area contributed by atoms with Crippen LogP contribution in [0.5, 0.6) is 0 Å². The average molecular weight is 1080 g/mol. The first-order valence-corrected chi connectivity index (χ1v) is 22.3. The van der Waals surface area contributed by atoms with Crippen LogP contribution in [0.25, 0.3) is 0 Å². The van der Waals surface area contributed by atoms with Crippen LogP contribution < -0.4 is 26.2 Å². The number of aryl methyl sites for hydroxylation is 2. The van der Waals surface area contributed by atoms with Gasteiger partial charge in [-0.2, -0.15) is 0 Å². The zero-order chi connectivity index (χ0) is 49.3. The summed E-state index contributed by atoms with van der Waals surface area (Å²) in [4.78, 5) is 46.5. The Morgan fingerprint density at radius 1 is 0.727 bits per heavy atom. The van der Waals surface area contributed by atoms with Crippen molar-refractivity contribution < 1.29 is 56.9 Å². The molecule has 0 aliphatic carbocycles. The van der Waals surface area contributed by atoms with E-state index in [1.54, 1.807) is 20.1 Å². The second kappa shape index (κ2) is 29.2. The Hall–Kier alpha value is -6.39. The molecule has 10 N–H and O–H groups in total. The molecule has 4 aromatic rings. The maximum Gasteiger partial charge on any atom is 0.417 e. The van der Waals surface area contributed by atoms with Crippen LogP contribution in [-0.4, -0.2) is 104 Å². The molecule has 66 heavy (non-hydrogen) atoms. The number of nitrogens with two attached hydrogens (primary N) is 1. The van der Waals surface area contributed by atoms with Crippen molar-refractivity contribution in [2.45, 2.75) is 65.2 Å². The number of anilines is 2. The number of alkyl carbamates (subject to hydrolysis) is 2. The molecule has 0 spiro atoms. The van der Waals surface area contributed by atoms with Crippen molar-refractivity contribution in [3.05, 3.63) is 79.8 Å². The highest BCUT2D eigenvalue weighted by molar-refractivity contribution is 9.10. The van der Waals surface area contributed by atoms with E-state index in [0.29, 0.717) is 79.3 Å². The van der Waals surface area contributed by atoms with Crippen molar-refractivity contribution in [1.82, 2.24) is 31.3 Å². The average Bonchev–Trinajstić information content (AvgIpc) is 3.94. The van der Waals surface area contributed by atoms with Gasteiger partial charge in [0.25, 0.3) is 0 Å². The predicted molar refractivity (Wildman–Crippen MR) is 245 cm³/mol. The number of ether oxygens (including phenoxy) is 2. The minimum Gasteiger partial charge on any atom is -0.464 e. The summed E-state index contributed by atoms with van der Waals surface area (Å²) in [7, 11) is 0. The molecular weight excluding hydrogens is 1030 g/mol. The summed E-state index contributed by atoms with van der Waals surface area (Å²) in [5.74, 6) is -1.96. The first-order valence-electron chi connectivity index (χ1n) is 19.4. The van der Waals surface area contributed by atoms with E-state index in [2.05, 4.69) is 72.5 Å². The highest BCUT2D eigenvalue weighted by Gasteiger charge is 2.28. The number of benzene rings is 2. The molecule has 0 saturated carbocycles. The quantitative estimate of drug-likeness (QED) is 0.0291. The summed E-state index contributed by atoms with van der Waals surface area (Å²) < 4.78 is 45.6. The van der Waals surface area contributed by atoms with Crippen molar-refractivity contribution >= 4 is 102 Å². The lowest BCUT2D eigenvalue weighted by Gasteiger charge is -2.19. The monoisotopic (exact) mass is 1070 g/mol. The summed E-state index contributed by atoms with van der Waals surface area (Å²) in [5.41, 5.74) is 6.25. The fourth-order valence-electron chi connectivity index (χ4n) is 5.10. The molecule has 4 amide bonds. The largest absolute Gasteiger partial charge is 0.464 e. The number of carboxylic acid groups (broad SMARTS) is 2. The van der Waals surface area contributed by atoms with Gasteiger partial charge in [-0.25, -0.2) is 47.0 Å². The number of halogens is 4. The normalized spacial score (nSPS) is 10.2. The van der Waals surface area contributed by atoms with Gasteiger partial charge in [-0.15, -0.1) is 0 Å². The molecule has 2 aromatic heterocycles. The zero-order valence-corrected chi connectivity index (χ0v) is 39.6. The Morgan fingerprint density at radius 3 is 1.56 bits per heavy atom. The molecule has 2 heterocycles. The topological polar surface area (TPSA) is 357 Å². The van der Waals surface area contributed by atoms with Crippen molar-refractivity contribution in [1.29, 1.82) is 21.6 Å². The lowest BCUT2D eigenvalue weighted by molar-refractivity contribution is 0.156. The number of aromatic nitrogens is 4. The predicted octanol–water partition coefficient (Wildman–Crippen LogP) is 8.10. The molecule has 4 rings (SSSR count). The van der Waals surface area contributed by atoms with Gasteiger partial charge in [0.05, 0.1) is 33.5 Å². The van der Waals surface area contributed by atoms with Crippen LogP contribution in [0.15, 0.2) is 54.6 Å². The summed E-state index contributed by atoms with van der Waals surface area (Å²) in [6.45, 7) is 4.45. The van der Waals surface area contributed by atoms with Crippen LogP contribution in [0, 0.1) is 33.3 Å². The fraction of sp³-hybridized carbons (Fsp3) is 0.368. The Kier molecular flexibility index (Phi) is 24.7. The first kappa shape index (κ1) is 55.7. The van der Waals surface area contributed by atoms with E-state index in [1.807, 2.05) is 0 Å². The summed E-state index contributed by atoms with van der Waals surface area (Å²) in [6.07, 6.45) is 2.16. The minimum atomic E-state index is -1.45. The summed E-state index contributed by atoms with van der Waals surface area (Å²) >= 11 is 7.14. The number of nitrogens with one attached hydrogen (secondary N) is 6. The van der Waals surface area contributed by atoms with Gasteiger partial charge in [0.15, 0.2) is 28.2 Å². The molecule has 0 radical (unpaired) electrons. The van der Waals surface area contributed by atoms with E-state index in [4.69, 9.17) is 36.7 Å². The van der Waals surface area contributed by atoms with E-state index in [1.165, 1.54) is 24.3 Å². The number of amides is 4. The number of rotatable bonds is 16. The van der Waals surface area contributed by atoms with Crippen LogP contribution in [0.1, 0.15) is 75.1 Å². The molecule has 0 fully saturated rings. The fourth-order valence-corrected chi connectivity index (χ4v) is 6.02. The van der Waals surface area contributed by atoms with Crippen molar-refractivity contribution in [2.24, 2.45) is 5.73 Å². The van der Waals surface area contributed by atoms with Crippen LogP contribution in [0.3, 0.4) is 0 Å². The highest BCUT2D eigenvalue weighted by atomic mass is 79.9. The van der Waals surface area contributed by atoms with Crippen LogP contribution in [0.4, 0.5) is 39.3 Å². The number of hydrogen-bond acceptors (Lipinski definition) is 18. The number of carbonyl (C=O) groups is 4. The van der Waals surface area contributed by atoms with Gasteiger partial charge >= 0.3 is 24.4 Å². The van der Waals surface area contributed by atoms with Crippen LogP contribution in [0.2, 0.25) is 0 Å². The number of carbonyl (C=O) groups excluding carboxylic acids is 2. The van der Waals surface area contributed by atoms with Crippen molar-refractivity contribution in [3.63, 3.8) is 0 Å². The molecule has 0 bridgehead atoms. The standard InChI is InChI=1S/C19H22BrFN6O5.C14H15BrFN5O3.C5H10N2O2S/c1-2-31-18(28)24-15(22)7-5-3-4-6-14-16(26-32-25-14)17(23)27(19(29)30)11-8-9-13(21)12(20)10-11;15-9-7-8(4-5-10(9)16)21(14(22)23)13(18)12-11(19-24-20-12)3-1-2-6-17;1-3-9-5(8)7-4(6)10-2/h8-10,23H,2-7H2,1H3,(H,29,30)(H2,22,24,28);4-5,7,18H,1-3,6,17H2,(H,22,23);3H2,1-2H3,(H2,6,7,8). The Balaban J connectivity index is 0.000000386. The molecule has 0 aliphatic rings.